The van der Waals surface area contributed by atoms with Crippen LogP contribution in [-0.4, -0.2) is 38.3 Å². The van der Waals surface area contributed by atoms with Crippen LogP contribution in [0.2, 0.25) is 0 Å². The Hall–Kier alpha value is -3.90. The van der Waals surface area contributed by atoms with E-state index >= 15 is 0 Å². The van der Waals surface area contributed by atoms with Gasteiger partial charge in [-0.2, -0.15) is 0 Å². The molecule has 222 valence electrons. The summed E-state index contributed by atoms with van der Waals surface area (Å²) in [6.45, 7) is 4.17. The first kappa shape index (κ1) is 30.6. The van der Waals surface area contributed by atoms with E-state index in [-0.39, 0.29) is 12.2 Å². The highest BCUT2D eigenvalue weighted by atomic mass is 127. The van der Waals surface area contributed by atoms with E-state index in [0.29, 0.717) is 38.7 Å². The predicted octanol–water partition coefficient (Wildman–Crippen LogP) is 5.06. The van der Waals surface area contributed by atoms with Gasteiger partial charge in [0, 0.05) is 19.8 Å². The lowest BCUT2D eigenvalue weighted by molar-refractivity contribution is -0.139. The third kappa shape index (κ3) is 6.40. The molecule has 0 N–H and O–H groups in total. The van der Waals surface area contributed by atoms with E-state index in [4.69, 9.17) is 14.2 Å². The van der Waals surface area contributed by atoms with Crippen LogP contribution in [-0.2, 0) is 16.1 Å². The van der Waals surface area contributed by atoms with Crippen molar-refractivity contribution in [2.45, 2.75) is 26.5 Å². The Bertz CT molecular complexity index is 1860. The molecule has 2 heterocycles. The van der Waals surface area contributed by atoms with Crippen molar-refractivity contribution in [1.82, 2.24) is 4.57 Å². The number of ether oxygens (including phenoxy) is 3. The van der Waals surface area contributed by atoms with Gasteiger partial charge in [0.15, 0.2) is 16.3 Å². The lowest BCUT2D eigenvalue weighted by Gasteiger charge is -2.25. The highest BCUT2D eigenvalue weighted by molar-refractivity contribution is 14.1. The van der Waals surface area contributed by atoms with Gasteiger partial charge >= 0.3 is 5.97 Å². The van der Waals surface area contributed by atoms with Gasteiger partial charge in [0.25, 0.3) is 5.56 Å². The van der Waals surface area contributed by atoms with E-state index in [0.717, 1.165) is 25.9 Å². The fraction of sp³-hybridized carbons (Fsp3) is 0.242. The lowest BCUT2D eigenvalue weighted by atomic mass is 9.95. The number of rotatable bonds is 9. The van der Waals surface area contributed by atoms with Gasteiger partial charge in [0.1, 0.15) is 6.61 Å². The van der Waals surface area contributed by atoms with Gasteiger partial charge in [-0.25, -0.2) is 9.79 Å². The maximum Gasteiger partial charge on any atom is 0.338 e. The van der Waals surface area contributed by atoms with E-state index in [1.54, 1.807) is 25.5 Å². The Morgan fingerprint density at radius 1 is 1.12 bits per heavy atom. The molecular weight excluding hydrogens is 677 g/mol. The molecule has 1 aliphatic rings. The van der Waals surface area contributed by atoms with Gasteiger partial charge in [-0.1, -0.05) is 53.8 Å². The van der Waals surface area contributed by atoms with Crippen LogP contribution in [0.1, 0.15) is 36.6 Å². The normalized spacial score (nSPS) is 14.7. The number of allylic oxidation sites excluding steroid dienone is 1. The highest BCUT2D eigenvalue weighted by Crippen LogP contribution is 2.35. The molecule has 0 saturated carbocycles. The second-order valence-electron chi connectivity index (χ2n) is 10.1. The summed E-state index contributed by atoms with van der Waals surface area (Å²) in [5.74, 6) is 0.729. The van der Waals surface area contributed by atoms with Gasteiger partial charge in [-0.05, 0) is 83.5 Å². The first-order valence-electron chi connectivity index (χ1n) is 13.7. The summed E-state index contributed by atoms with van der Waals surface area (Å²) >= 11 is 3.50. The summed E-state index contributed by atoms with van der Waals surface area (Å²) in [4.78, 5) is 34.4. The molecule has 1 aliphatic heterocycles. The van der Waals surface area contributed by atoms with Crippen LogP contribution < -0.4 is 29.3 Å². The maximum absolute atomic E-state index is 14.0. The summed E-state index contributed by atoms with van der Waals surface area (Å²) in [6, 6.07) is 20.9. The molecule has 43 heavy (non-hydrogen) atoms. The number of carbonyl (C=O) groups is 1. The standard InChI is InChI=1S/C33H32IN3O5S/c1-6-41-32(39)28-20(2)35-33-37(29(28)23-12-14-24(15-13-23)36(3)4)31(38)27(43-33)18-22-16-25(34)30(26(17-22)40-5)42-19-21-10-8-7-9-11-21/h7-18,29H,6,19H2,1-5H3/b27-18+/t29-/m0/s1. The summed E-state index contributed by atoms with van der Waals surface area (Å²) < 4.78 is 20.1. The van der Waals surface area contributed by atoms with E-state index in [1.807, 2.05) is 91.8 Å². The Morgan fingerprint density at radius 3 is 2.49 bits per heavy atom. The number of benzene rings is 3. The molecular formula is C33H32IN3O5S. The van der Waals surface area contributed by atoms with Gasteiger partial charge in [-0.15, -0.1) is 0 Å². The van der Waals surface area contributed by atoms with Crippen molar-refractivity contribution in [2.75, 3.05) is 32.7 Å². The zero-order valence-corrected chi connectivity index (χ0v) is 27.6. The summed E-state index contributed by atoms with van der Waals surface area (Å²) in [6.07, 6.45) is 1.82. The average Bonchev–Trinajstić information content (AvgIpc) is 3.29. The quantitative estimate of drug-likeness (QED) is 0.179. The van der Waals surface area contributed by atoms with E-state index in [1.165, 1.54) is 11.3 Å². The fourth-order valence-electron chi connectivity index (χ4n) is 4.91. The number of halogens is 1. The number of aromatic nitrogens is 1. The predicted molar refractivity (Wildman–Crippen MR) is 178 cm³/mol. The van der Waals surface area contributed by atoms with E-state index < -0.39 is 12.0 Å². The number of nitrogens with zero attached hydrogens (tertiary/aromatic N) is 3. The van der Waals surface area contributed by atoms with Gasteiger partial charge < -0.3 is 19.1 Å². The molecule has 10 heteroatoms. The molecule has 1 aromatic heterocycles. The van der Waals surface area contributed by atoms with Crippen molar-refractivity contribution in [1.29, 1.82) is 0 Å². The number of carbonyl (C=O) groups excluding carboxylic acids is 1. The molecule has 8 nitrogen and oxygen atoms in total. The Labute approximate surface area is 267 Å². The highest BCUT2D eigenvalue weighted by Gasteiger charge is 2.33. The second-order valence-corrected chi connectivity index (χ2v) is 12.3. The minimum Gasteiger partial charge on any atom is -0.493 e. The molecule has 4 aromatic rings. The van der Waals surface area contributed by atoms with Crippen LogP contribution in [0.15, 0.2) is 87.8 Å². The topological polar surface area (TPSA) is 82.4 Å². The van der Waals surface area contributed by atoms with Crippen LogP contribution in [0.4, 0.5) is 5.69 Å². The smallest absolute Gasteiger partial charge is 0.338 e. The van der Waals surface area contributed by atoms with E-state index in [2.05, 4.69) is 27.6 Å². The van der Waals surface area contributed by atoms with Crippen LogP contribution in [0, 0.1) is 3.57 Å². The zero-order chi connectivity index (χ0) is 30.7. The van der Waals surface area contributed by atoms with Crippen LogP contribution in [0.25, 0.3) is 6.08 Å². The van der Waals surface area contributed by atoms with Crippen LogP contribution >= 0.6 is 33.9 Å². The zero-order valence-electron chi connectivity index (χ0n) is 24.6. The van der Waals surface area contributed by atoms with Crippen molar-refractivity contribution in [3.63, 3.8) is 0 Å². The molecule has 0 amide bonds. The van der Waals surface area contributed by atoms with E-state index in [9.17, 15) is 9.59 Å². The summed E-state index contributed by atoms with van der Waals surface area (Å²) in [5.41, 5.74) is 4.29. The van der Waals surface area contributed by atoms with Gasteiger partial charge in [0.05, 0.1) is 39.1 Å². The monoisotopic (exact) mass is 709 g/mol. The number of thiazole rings is 1. The molecule has 1 atom stereocenters. The van der Waals surface area contributed by atoms with Crippen molar-refractivity contribution in [2.24, 2.45) is 4.99 Å². The molecule has 0 aliphatic carbocycles. The lowest BCUT2D eigenvalue weighted by Crippen LogP contribution is -2.39. The van der Waals surface area contributed by atoms with Crippen molar-refractivity contribution in [3.05, 3.63) is 118 Å². The fourth-order valence-corrected chi connectivity index (χ4v) is 6.73. The number of anilines is 1. The summed E-state index contributed by atoms with van der Waals surface area (Å²) in [5, 5.41) is 0. The largest absolute Gasteiger partial charge is 0.493 e. The molecule has 0 radical (unpaired) electrons. The number of esters is 1. The van der Waals surface area contributed by atoms with Crippen molar-refractivity contribution < 1.29 is 19.0 Å². The maximum atomic E-state index is 14.0. The first-order chi connectivity index (χ1) is 20.7. The molecule has 0 saturated heterocycles. The molecule has 5 rings (SSSR count). The third-order valence-corrected chi connectivity index (χ3v) is 8.80. The molecule has 0 fully saturated rings. The van der Waals surface area contributed by atoms with Gasteiger partial charge in [0.2, 0.25) is 0 Å². The number of methoxy groups -OCH3 is 1. The van der Waals surface area contributed by atoms with Crippen molar-refractivity contribution >= 4 is 51.7 Å². The Balaban J connectivity index is 1.58. The second kappa shape index (κ2) is 13.2. The van der Waals surface area contributed by atoms with Crippen LogP contribution in [0.5, 0.6) is 11.5 Å². The van der Waals surface area contributed by atoms with Gasteiger partial charge in [-0.3, -0.25) is 9.36 Å². The molecule has 3 aromatic carbocycles. The number of fused-ring (bicyclic) bond motifs is 1. The SMILES string of the molecule is CCOC(=O)C1=C(C)N=c2s/c(=C/c3cc(I)c(OCc4ccccc4)c(OC)c3)c(=O)n2[C@H]1c1ccc(N(C)C)cc1. The Morgan fingerprint density at radius 2 is 1.84 bits per heavy atom. The average molecular weight is 710 g/mol. The van der Waals surface area contributed by atoms with Crippen molar-refractivity contribution in [3.8, 4) is 11.5 Å². The molecule has 0 unspecified atom stereocenters. The number of hydrogen-bond acceptors (Lipinski definition) is 8. The minimum absolute atomic E-state index is 0.220. The van der Waals surface area contributed by atoms with Crippen LogP contribution in [0.3, 0.4) is 0 Å². The first-order valence-corrected chi connectivity index (χ1v) is 15.6. The molecule has 0 spiro atoms. The minimum atomic E-state index is -0.669. The summed E-state index contributed by atoms with van der Waals surface area (Å²) in [7, 11) is 5.52. The Kier molecular flexibility index (Phi) is 9.36. The third-order valence-electron chi connectivity index (χ3n) is 7.02. The number of hydrogen-bond donors (Lipinski definition) is 0. The molecule has 0 bridgehead atoms.